The number of hydrogen-bond donors (Lipinski definition) is 1. The Morgan fingerprint density at radius 3 is 1.75 bits per heavy atom. The first-order valence-corrected chi connectivity index (χ1v) is 5.44. The predicted molar refractivity (Wildman–Crippen MR) is 70.6 cm³/mol. The average Bonchev–Trinajstić information content (AvgIpc) is 2.36. The molecule has 3 aromatic carbocycles. The van der Waals surface area contributed by atoms with Gasteiger partial charge in [0.2, 0.25) is 0 Å². The van der Waals surface area contributed by atoms with E-state index in [-0.39, 0.29) is 0 Å². The van der Waals surface area contributed by atoms with Crippen LogP contribution in [0.3, 0.4) is 0 Å². The van der Waals surface area contributed by atoms with Crippen LogP contribution in [0.5, 0.6) is 0 Å². The highest BCUT2D eigenvalue weighted by Gasteiger charge is 2.07. The van der Waals surface area contributed by atoms with Crippen LogP contribution in [0.2, 0.25) is 0 Å². The lowest BCUT2D eigenvalue weighted by Crippen LogP contribution is -1.93. The van der Waals surface area contributed by atoms with Crippen molar-refractivity contribution >= 4 is 27.2 Å². The van der Waals surface area contributed by atoms with Gasteiger partial charge in [0, 0.05) is 11.1 Å². The van der Waals surface area contributed by atoms with E-state index in [0.29, 0.717) is 0 Å². The van der Waals surface area contributed by atoms with Crippen molar-refractivity contribution in [2.24, 2.45) is 0 Å². The minimum atomic E-state index is 0.898. The fourth-order valence-corrected chi connectivity index (χ4v) is 2.34. The predicted octanol–water partition coefficient (Wildman–Crippen LogP) is 3.88. The summed E-state index contributed by atoms with van der Waals surface area (Å²) in [7, 11) is 0. The SMILES string of the molecule is Cc1c(N)c2ccccc2c2ccccc12. The van der Waals surface area contributed by atoms with E-state index in [2.05, 4.69) is 49.4 Å². The van der Waals surface area contributed by atoms with Gasteiger partial charge in [-0.1, -0.05) is 48.5 Å². The van der Waals surface area contributed by atoms with Gasteiger partial charge in [-0.25, -0.2) is 0 Å². The second-order valence-electron chi connectivity index (χ2n) is 4.13. The van der Waals surface area contributed by atoms with Crippen LogP contribution in [-0.4, -0.2) is 0 Å². The summed E-state index contributed by atoms with van der Waals surface area (Å²) in [6.07, 6.45) is 0. The molecule has 1 nitrogen and oxygen atoms in total. The van der Waals surface area contributed by atoms with Crippen molar-refractivity contribution in [3.8, 4) is 0 Å². The first-order chi connectivity index (χ1) is 7.79. The molecule has 3 rings (SSSR count). The van der Waals surface area contributed by atoms with E-state index in [9.17, 15) is 0 Å². The third kappa shape index (κ3) is 1.12. The van der Waals surface area contributed by atoms with E-state index >= 15 is 0 Å². The lowest BCUT2D eigenvalue weighted by atomic mass is 9.96. The Morgan fingerprint density at radius 1 is 0.688 bits per heavy atom. The lowest BCUT2D eigenvalue weighted by molar-refractivity contribution is 1.55. The van der Waals surface area contributed by atoms with E-state index in [1.165, 1.54) is 21.7 Å². The first kappa shape index (κ1) is 9.22. The lowest BCUT2D eigenvalue weighted by Gasteiger charge is -2.11. The molecule has 0 bridgehead atoms. The molecule has 3 aromatic rings. The fraction of sp³-hybridized carbons (Fsp3) is 0.0667. The quantitative estimate of drug-likeness (QED) is 0.439. The number of hydrogen-bond acceptors (Lipinski definition) is 1. The number of benzene rings is 3. The molecule has 0 aliphatic carbocycles. The van der Waals surface area contributed by atoms with Crippen LogP contribution in [0, 0.1) is 6.92 Å². The van der Waals surface area contributed by atoms with Gasteiger partial charge in [-0.2, -0.15) is 0 Å². The van der Waals surface area contributed by atoms with Gasteiger partial charge in [0.25, 0.3) is 0 Å². The number of rotatable bonds is 0. The summed E-state index contributed by atoms with van der Waals surface area (Å²) in [5.41, 5.74) is 8.26. The molecule has 0 aliphatic heterocycles. The second-order valence-corrected chi connectivity index (χ2v) is 4.13. The summed E-state index contributed by atoms with van der Waals surface area (Å²) in [5.74, 6) is 0. The third-order valence-corrected chi connectivity index (χ3v) is 3.24. The van der Waals surface area contributed by atoms with Gasteiger partial charge in [0.15, 0.2) is 0 Å². The van der Waals surface area contributed by atoms with E-state index in [0.717, 1.165) is 11.1 Å². The minimum Gasteiger partial charge on any atom is -0.398 e. The smallest absolute Gasteiger partial charge is 0.0429 e. The van der Waals surface area contributed by atoms with Crippen LogP contribution >= 0.6 is 0 Å². The van der Waals surface area contributed by atoms with Gasteiger partial charge < -0.3 is 5.73 Å². The highest BCUT2D eigenvalue weighted by molar-refractivity contribution is 6.14. The highest BCUT2D eigenvalue weighted by Crippen LogP contribution is 2.33. The Kier molecular flexibility index (Phi) is 1.87. The first-order valence-electron chi connectivity index (χ1n) is 5.44. The number of fused-ring (bicyclic) bond motifs is 3. The number of anilines is 1. The summed E-state index contributed by atoms with van der Waals surface area (Å²) in [6, 6.07) is 16.7. The van der Waals surface area contributed by atoms with E-state index in [1.807, 2.05) is 6.07 Å². The van der Waals surface area contributed by atoms with Crippen LogP contribution in [0.1, 0.15) is 5.56 Å². The van der Waals surface area contributed by atoms with Crippen molar-refractivity contribution in [2.75, 3.05) is 5.73 Å². The Hall–Kier alpha value is -2.02. The standard InChI is InChI=1S/C15H13N/c1-10-11-6-2-3-7-12(11)13-8-4-5-9-14(13)15(10)16/h2-9H,16H2,1H3. The van der Waals surface area contributed by atoms with Crippen molar-refractivity contribution in [3.05, 3.63) is 54.1 Å². The maximum absolute atomic E-state index is 6.18. The molecule has 0 fully saturated rings. The van der Waals surface area contributed by atoms with Crippen LogP contribution in [0.15, 0.2) is 48.5 Å². The monoisotopic (exact) mass is 207 g/mol. The van der Waals surface area contributed by atoms with Crippen molar-refractivity contribution < 1.29 is 0 Å². The molecule has 0 atom stereocenters. The molecule has 78 valence electrons. The Morgan fingerprint density at radius 2 is 1.12 bits per heavy atom. The van der Waals surface area contributed by atoms with Crippen LogP contribution < -0.4 is 5.73 Å². The molecular formula is C15H13N. The van der Waals surface area contributed by atoms with Gasteiger partial charge in [0.1, 0.15) is 0 Å². The molecule has 0 aliphatic rings. The largest absolute Gasteiger partial charge is 0.398 e. The highest BCUT2D eigenvalue weighted by atomic mass is 14.6. The van der Waals surface area contributed by atoms with E-state index in [1.54, 1.807) is 0 Å². The molecule has 0 radical (unpaired) electrons. The molecule has 0 spiro atoms. The van der Waals surface area contributed by atoms with Gasteiger partial charge in [-0.3, -0.25) is 0 Å². The zero-order chi connectivity index (χ0) is 11.1. The molecule has 0 unspecified atom stereocenters. The third-order valence-electron chi connectivity index (χ3n) is 3.24. The van der Waals surface area contributed by atoms with Crippen LogP contribution in [0.25, 0.3) is 21.5 Å². The number of aryl methyl sites for hydroxylation is 1. The van der Waals surface area contributed by atoms with Crippen LogP contribution in [-0.2, 0) is 0 Å². The molecule has 0 saturated carbocycles. The van der Waals surface area contributed by atoms with Crippen molar-refractivity contribution in [2.45, 2.75) is 6.92 Å². The van der Waals surface area contributed by atoms with Gasteiger partial charge in [-0.15, -0.1) is 0 Å². The molecule has 0 aromatic heterocycles. The Labute approximate surface area is 94.5 Å². The van der Waals surface area contributed by atoms with Gasteiger partial charge in [0.05, 0.1) is 0 Å². The summed E-state index contributed by atoms with van der Waals surface area (Å²) < 4.78 is 0. The van der Waals surface area contributed by atoms with Gasteiger partial charge in [-0.05, 0) is 28.6 Å². The molecular weight excluding hydrogens is 194 g/mol. The zero-order valence-electron chi connectivity index (χ0n) is 9.20. The molecule has 0 saturated heterocycles. The summed E-state index contributed by atoms with van der Waals surface area (Å²) >= 11 is 0. The normalized spacial score (nSPS) is 11.1. The topological polar surface area (TPSA) is 26.0 Å². The molecule has 2 N–H and O–H groups in total. The average molecular weight is 207 g/mol. The van der Waals surface area contributed by atoms with E-state index in [4.69, 9.17) is 5.73 Å². The Bertz CT molecular complexity index is 623. The summed E-state index contributed by atoms with van der Waals surface area (Å²) in [5, 5.41) is 4.92. The molecule has 0 heterocycles. The number of nitrogens with two attached hydrogens (primary N) is 1. The second kappa shape index (κ2) is 3.24. The van der Waals surface area contributed by atoms with Crippen molar-refractivity contribution in [1.82, 2.24) is 0 Å². The zero-order valence-corrected chi connectivity index (χ0v) is 9.20. The molecule has 0 amide bonds. The van der Waals surface area contributed by atoms with Crippen molar-refractivity contribution in [1.29, 1.82) is 0 Å². The molecule has 16 heavy (non-hydrogen) atoms. The number of nitrogen functional groups attached to an aromatic ring is 1. The maximum Gasteiger partial charge on any atom is 0.0429 e. The summed E-state index contributed by atoms with van der Waals surface area (Å²) in [6.45, 7) is 2.09. The van der Waals surface area contributed by atoms with Gasteiger partial charge >= 0.3 is 0 Å². The fourth-order valence-electron chi connectivity index (χ4n) is 2.34. The minimum absolute atomic E-state index is 0.898. The van der Waals surface area contributed by atoms with Crippen LogP contribution in [0.4, 0.5) is 5.69 Å². The maximum atomic E-state index is 6.18. The molecule has 1 heteroatoms. The Balaban J connectivity index is 2.69. The van der Waals surface area contributed by atoms with Crippen molar-refractivity contribution in [3.63, 3.8) is 0 Å². The van der Waals surface area contributed by atoms with E-state index < -0.39 is 0 Å². The summed E-state index contributed by atoms with van der Waals surface area (Å²) in [4.78, 5) is 0.